The van der Waals surface area contributed by atoms with Crippen LogP contribution < -0.4 is 18.9 Å². The van der Waals surface area contributed by atoms with Gasteiger partial charge in [-0.1, -0.05) is 24.3 Å². The van der Waals surface area contributed by atoms with Gasteiger partial charge in [0, 0.05) is 0 Å². The highest BCUT2D eigenvalue weighted by atomic mass is 16.5. The molecule has 6 nitrogen and oxygen atoms in total. The number of fused-ring (bicyclic) bond motifs is 1. The summed E-state index contributed by atoms with van der Waals surface area (Å²) in [6.45, 7) is 0. The topological polar surface area (TPSA) is 71.1 Å². The van der Waals surface area contributed by atoms with Crippen LogP contribution in [0.25, 0.3) is 10.8 Å². The van der Waals surface area contributed by atoms with Gasteiger partial charge in [-0.2, -0.15) is 0 Å². The van der Waals surface area contributed by atoms with E-state index in [2.05, 4.69) is 0 Å². The fourth-order valence-electron chi connectivity index (χ4n) is 3.22. The van der Waals surface area contributed by atoms with Crippen molar-refractivity contribution in [2.24, 2.45) is 0 Å². The lowest BCUT2D eigenvalue weighted by molar-refractivity contribution is 0.0735. The minimum absolute atomic E-state index is 0.293. The lowest BCUT2D eigenvalue weighted by Crippen LogP contribution is -2.11. The standard InChI is InChI=1S/C26H20O6/c1-29-20-13-9-18(10-14-20)25(27)31-22-7-3-5-17-6-4-8-23(24(17)22)32-26(28)19-11-15-21(30-2)16-12-19/h3-16H,1-2H3. The van der Waals surface area contributed by atoms with E-state index < -0.39 is 11.9 Å². The van der Waals surface area contributed by atoms with Crippen LogP contribution in [-0.2, 0) is 0 Å². The van der Waals surface area contributed by atoms with Crippen LogP contribution in [0.4, 0.5) is 0 Å². The second-order valence-electron chi connectivity index (χ2n) is 6.85. The van der Waals surface area contributed by atoms with E-state index in [4.69, 9.17) is 18.9 Å². The first-order chi connectivity index (χ1) is 15.6. The van der Waals surface area contributed by atoms with Crippen molar-refractivity contribution in [3.8, 4) is 23.0 Å². The maximum atomic E-state index is 12.7. The third kappa shape index (κ3) is 4.39. The van der Waals surface area contributed by atoms with Gasteiger partial charge >= 0.3 is 11.9 Å². The Kier molecular flexibility index (Phi) is 6.03. The zero-order valence-corrected chi connectivity index (χ0v) is 17.5. The second kappa shape index (κ2) is 9.22. The number of carbonyl (C=O) groups excluding carboxylic acids is 2. The number of ether oxygens (including phenoxy) is 4. The predicted octanol–water partition coefficient (Wildman–Crippen LogP) is 5.30. The van der Waals surface area contributed by atoms with Gasteiger partial charge in [0.2, 0.25) is 0 Å². The Labute approximate surface area is 184 Å². The van der Waals surface area contributed by atoms with E-state index in [0.29, 0.717) is 39.5 Å². The molecule has 160 valence electrons. The maximum Gasteiger partial charge on any atom is 0.343 e. The van der Waals surface area contributed by atoms with E-state index in [9.17, 15) is 9.59 Å². The molecule has 0 fully saturated rings. The molecule has 0 aliphatic heterocycles. The number of rotatable bonds is 6. The zero-order valence-electron chi connectivity index (χ0n) is 17.5. The van der Waals surface area contributed by atoms with Crippen molar-refractivity contribution in [3.63, 3.8) is 0 Å². The van der Waals surface area contributed by atoms with Gasteiger partial charge in [0.05, 0.1) is 30.7 Å². The monoisotopic (exact) mass is 428 g/mol. The summed E-state index contributed by atoms with van der Waals surface area (Å²) in [7, 11) is 3.11. The molecule has 0 unspecified atom stereocenters. The third-order valence-corrected chi connectivity index (χ3v) is 4.88. The lowest BCUT2D eigenvalue weighted by atomic mass is 10.1. The summed E-state index contributed by atoms with van der Waals surface area (Å²) < 4.78 is 21.6. The summed E-state index contributed by atoms with van der Waals surface area (Å²) >= 11 is 0. The first-order valence-corrected chi connectivity index (χ1v) is 9.83. The van der Waals surface area contributed by atoms with Gasteiger partial charge in [-0.15, -0.1) is 0 Å². The van der Waals surface area contributed by atoms with Crippen LogP contribution in [0.15, 0.2) is 84.9 Å². The molecule has 0 bridgehead atoms. The molecule has 0 spiro atoms. The molecule has 0 amide bonds. The molecule has 0 radical (unpaired) electrons. The molecule has 0 aliphatic rings. The fourth-order valence-corrected chi connectivity index (χ4v) is 3.22. The average Bonchev–Trinajstić information content (AvgIpc) is 2.84. The van der Waals surface area contributed by atoms with Crippen molar-refractivity contribution in [2.45, 2.75) is 0 Å². The quantitative estimate of drug-likeness (QED) is 0.307. The van der Waals surface area contributed by atoms with Gasteiger partial charge in [-0.05, 0) is 66.0 Å². The molecule has 4 aromatic rings. The zero-order chi connectivity index (χ0) is 22.5. The second-order valence-corrected chi connectivity index (χ2v) is 6.85. The van der Waals surface area contributed by atoms with Gasteiger partial charge in [0.1, 0.15) is 23.0 Å². The van der Waals surface area contributed by atoms with Crippen LogP contribution in [0.1, 0.15) is 20.7 Å². The Bertz CT molecular complexity index is 1160. The number of hydrogen-bond donors (Lipinski definition) is 0. The molecule has 0 atom stereocenters. The Hall–Kier alpha value is -4.32. The van der Waals surface area contributed by atoms with Crippen molar-refractivity contribution in [1.29, 1.82) is 0 Å². The number of esters is 2. The normalized spacial score (nSPS) is 10.4. The SMILES string of the molecule is COc1ccc(C(=O)Oc2cccc3cccc(OC(=O)c4ccc(OC)cc4)c23)cc1. The smallest absolute Gasteiger partial charge is 0.343 e. The number of methoxy groups -OCH3 is 2. The summed E-state index contributed by atoms with van der Waals surface area (Å²) in [5.41, 5.74) is 0.742. The fraction of sp³-hybridized carbons (Fsp3) is 0.0769. The molecule has 4 aromatic carbocycles. The van der Waals surface area contributed by atoms with Crippen molar-refractivity contribution in [2.75, 3.05) is 14.2 Å². The molecule has 0 N–H and O–H groups in total. The predicted molar refractivity (Wildman–Crippen MR) is 120 cm³/mol. The summed E-state index contributed by atoms with van der Waals surface area (Å²) in [6, 6.07) is 23.8. The molecule has 0 aromatic heterocycles. The summed E-state index contributed by atoms with van der Waals surface area (Å²) in [5, 5.41) is 1.30. The minimum atomic E-state index is -0.531. The maximum absolute atomic E-state index is 12.7. The molecule has 4 rings (SSSR count). The van der Waals surface area contributed by atoms with Crippen molar-refractivity contribution in [1.82, 2.24) is 0 Å². The summed E-state index contributed by atoms with van der Waals surface area (Å²) in [6.07, 6.45) is 0. The number of hydrogen-bond acceptors (Lipinski definition) is 6. The average molecular weight is 428 g/mol. The molecule has 0 saturated heterocycles. The molecular weight excluding hydrogens is 408 g/mol. The Morgan fingerprint density at radius 1 is 0.562 bits per heavy atom. The van der Waals surface area contributed by atoms with Gasteiger partial charge in [0.25, 0.3) is 0 Å². The van der Waals surface area contributed by atoms with E-state index in [1.54, 1.807) is 87.0 Å². The first kappa shape index (κ1) is 20.9. The highest BCUT2D eigenvalue weighted by Gasteiger charge is 2.17. The number of benzene rings is 4. The third-order valence-electron chi connectivity index (χ3n) is 4.88. The van der Waals surface area contributed by atoms with Crippen molar-refractivity contribution < 1.29 is 28.5 Å². The van der Waals surface area contributed by atoms with E-state index in [0.717, 1.165) is 5.39 Å². The molecular formula is C26H20O6. The van der Waals surface area contributed by atoms with Crippen LogP contribution in [0.2, 0.25) is 0 Å². The lowest BCUT2D eigenvalue weighted by Gasteiger charge is -2.12. The number of carbonyl (C=O) groups is 2. The van der Waals surface area contributed by atoms with Gasteiger partial charge < -0.3 is 18.9 Å². The Balaban J connectivity index is 1.64. The molecule has 32 heavy (non-hydrogen) atoms. The highest BCUT2D eigenvalue weighted by molar-refractivity contribution is 6.00. The summed E-state index contributed by atoms with van der Waals surface area (Å²) in [5.74, 6) is 0.801. The van der Waals surface area contributed by atoms with Crippen molar-refractivity contribution >= 4 is 22.7 Å². The van der Waals surface area contributed by atoms with Gasteiger partial charge in [-0.25, -0.2) is 9.59 Å². The molecule has 0 heterocycles. The first-order valence-electron chi connectivity index (χ1n) is 9.83. The van der Waals surface area contributed by atoms with Crippen LogP contribution in [0.3, 0.4) is 0 Å². The van der Waals surface area contributed by atoms with E-state index >= 15 is 0 Å². The van der Waals surface area contributed by atoms with Crippen LogP contribution in [0.5, 0.6) is 23.0 Å². The molecule has 0 aliphatic carbocycles. The van der Waals surface area contributed by atoms with Crippen molar-refractivity contribution in [3.05, 3.63) is 96.1 Å². The Morgan fingerprint density at radius 2 is 0.969 bits per heavy atom. The largest absolute Gasteiger partial charge is 0.497 e. The molecule has 0 saturated carbocycles. The van der Waals surface area contributed by atoms with Gasteiger partial charge in [0.15, 0.2) is 0 Å². The van der Waals surface area contributed by atoms with E-state index in [1.807, 2.05) is 12.1 Å². The molecule has 6 heteroatoms. The van der Waals surface area contributed by atoms with Crippen LogP contribution >= 0.6 is 0 Å². The minimum Gasteiger partial charge on any atom is -0.497 e. The van der Waals surface area contributed by atoms with Crippen LogP contribution in [0, 0.1) is 0 Å². The Morgan fingerprint density at radius 3 is 1.34 bits per heavy atom. The van der Waals surface area contributed by atoms with Crippen LogP contribution in [-0.4, -0.2) is 26.2 Å². The van der Waals surface area contributed by atoms with E-state index in [-0.39, 0.29) is 0 Å². The van der Waals surface area contributed by atoms with Gasteiger partial charge in [-0.3, -0.25) is 0 Å². The summed E-state index contributed by atoms with van der Waals surface area (Å²) in [4.78, 5) is 25.4. The van der Waals surface area contributed by atoms with E-state index in [1.165, 1.54) is 0 Å². The highest BCUT2D eigenvalue weighted by Crippen LogP contribution is 2.35.